The van der Waals surface area contributed by atoms with E-state index in [9.17, 15) is 9.59 Å². The fourth-order valence-electron chi connectivity index (χ4n) is 2.36. The molecule has 1 amide bonds. The van der Waals surface area contributed by atoms with Crippen LogP contribution in [-0.2, 0) is 20.9 Å². The summed E-state index contributed by atoms with van der Waals surface area (Å²) in [6.45, 7) is 6.62. The van der Waals surface area contributed by atoms with Gasteiger partial charge in [0.05, 0.1) is 25.2 Å². The monoisotopic (exact) mass is 305 g/mol. The van der Waals surface area contributed by atoms with Crippen molar-refractivity contribution < 1.29 is 19.1 Å². The number of benzene rings is 1. The van der Waals surface area contributed by atoms with Crippen molar-refractivity contribution in [1.82, 2.24) is 4.90 Å². The topological polar surface area (TPSA) is 55.8 Å². The van der Waals surface area contributed by atoms with Crippen molar-refractivity contribution >= 4 is 12.4 Å². The minimum atomic E-state index is -0.545. The summed E-state index contributed by atoms with van der Waals surface area (Å²) in [7, 11) is 0. The van der Waals surface area contributed by atoms with Crippen LogP contribution in [0.5, 0.6) is 0 Å². The second-order valence-corrected chi connectivity index (χ2v) is 6.52. The third-order valence-corrected chi connectivity index (χ3v) is 3.44. The Bertz CT molecular complexity index is 509. The minimum absolute atomic E-state index is 0.287. The largest absolute Gasteiger partial charge is 0.444 e. The van der Waals surface area contributed by atoms with Gasteiger partial charge < -0.3 is 19.2 Å². The molecular weight excluding hydrogens is 282 g/mol. The highest BCUT2D eigenvalue weighted by molar-refractivity contribution is 5.70. The van der Waals surface area contributed by atoms with Crippen molar-refractivity contribution in [2.24, 2.45) is 5.92 Å². The van der Waals surface area contributed by atoms with Crippen LogP contribution in [0.15, 0.2) is 30.3 Å². The maximum Gasteiger partial charge on any atom is 0.410 e. The van der Waals surface area contributed by atoms with E-state index < -0.39 is 11.7 Å². The minimum Gasteiger partial charge on any atom is -0.444 e. The van der Waals surface area contributed by atoms with Crippen LogP contribution in [0.1, 0.15) is 26.3 Å². The third-order valence-electron chi connectivity index (χ3n) is 3.44. The number of hydrogen-bond donors (Lipinski definition) is 0. The summed E-state index contributed by atoms with van der Waals surface area (Å²) in [5.41, 5.74) is 0.499. The zero-order valence-electron chi connectivity index (χ0n) is 13.3. The molecule has 0 bridgehead atoms. The number of carbonyl (C=O) groups excluding carboxylic acids is 2. The van der Waals surface area contributed by atoms with Crippen molar-refractivity contribution in [3.8, 4) is 0 Å². The Labute approximate surface area is 131 Å². The molecule has 1 fully saturated rings. The molecule has 1 aliphatic heterocycles. The highest BCUT2D eigenvalue weighted by Gasteiger charge is 2.37. The van der Waals surface area contributed by atoms with Gasteiger partial charge in [-0.1, -0.05) is 30.3 Å². The quantitative estimate of drug-likeness (QED) is 0.802. The van der Waals surface area contributed by atoms with Crippen LogP contribution >= 0.6 is 0 Å². The van der Waals surface area contributed by atoms with E-state index in [0.717, 1.165) is 11.8 Å². The highest BCUT2D eigenvalue weighted by Crippen LogP contribution is 2.22. The molecule has 1 aromatic rings. The molecule has 0 aliphatic carbocycles. The molecule has 0 saturated carbocycles. The van der Waals surface area contributed by atoms with Gasteiger partial charge >= 0.3 is 6.09 Å². The maximum atomic E-state index is 12.1. The Hall–Kier alpha value is -1.88. The van der Waals surface area contributed by atoms with Gasteiger partial charge in [0, 0.05) is 6.54 Å². The van der Waals surface area contributed by atoms with Gasteiger partial charge in [0.15, 0.2) is 0 Å². The fraction of sp³-hybridized carbons (Fsp3) is 0.529. The van der Waals surface area contributed by atoms with Gasteiger partial charge in [0.2, 0.25) is 0 Å². The summed E-state index contributed by atoms with van der Waals surface area (Å²) < 4.78 is 11.2. The van der Waals surface area contributed by atoms with Crippen molar-refractivity contribution in [2.45, 2.75) is 39.1 Å². The molecule has 1 aliphatic rings. The van der Waals surface area contributed by atoms with E-state index in [-0.39, 0.29) is 12.0 Å². The molecule has 1 heterocycles. The van der Waals surface area contributed by atoms with Crippen LogP contribution < -0.4 is 0 Å². The van der Waals surface area contributed by atoms with Gasteiger partial charge in [-0.15, -0.1) is 0 Å². The predicted molar refractivity (Wildman–Crippen MR) is 82.4 cm³/mol. The summed E-state index contributed by atoms with van der Waals surface area (Å²) in [5, 5.41) is 0. The second-order valence-electron chi connectivity index (χ2n) is 6.52. The molecule has 0 N–H and O–H groups in total. The average molecular weight is 305 g/mol. The molecular formula is C17H23NO4. The van der Waals surface area contributed by atoms with E-state index in [1.807, 2.05) is 51.1 Å². The number of likely N-dealkylation sites (tertiary alicyclic amines) is 1. The van der Waals surface area contributed by atoms with Crippen molar-refractivity contribution in [3.05, 3.63) is 35.9 Å². The van der Waals surface area contributed by atoms with E-state index >= 15 is 0 Å². The first-order chi connectivity index (χ1) is 10.4. The summed E-state index contributed by atoms with van der Waals surface area (Å²) in [6.07, 6.45) is 0.176. The smallest absolute Gasteiger partial charge is 0.410 e. The molecule has 2 unspecified atom stereocenters. The molecule has 0 aromatic heterocycles. The number of hydrogen-bond acceptors (Lipinski definition) is 4. The first-order valence-corrected chi connectivity index (χ1v) is 7.48. The molecule has 120 valence electrons. The van der Waals surface area contributed by atoms with Crippen molar-refractivity contribution in [2.75, 3.05) is 13.1 Å². The van der Waals surface area contributed by atoms with Crippen LogP contribution in [0, 0.1) is 5.92 Å². The fourth-order valence-corrected chi connectivity index (χ4v) is 2.36. The molecule has 1 aromatic carbocycles. The average Bonchev–Trinajstić information content (AvgIpc) is 2.88. The number of aldehydes is 1. The maximum absolute atomic E-state index is 12.1. The lowest BCUT2D eigenvalue weighted by Gasteiger charge is -2.24. The predicted octanol–water partition coefficient (Wildman–Crippen LogP) is 2.64. The van der Waals surface area contributed by atoms with Gasteiger partial charge in [-0.2, -0.15) is 0 Å². The summed E-state index contributed by atoms with van der Waals surface area (Å²) in [5.74, 6) is -0.309. The van der Waals surface area contributed by atoms with Gasteiger partial charge in [0.25, 0.3) is 0 Å². The summed E-state index contributed by atoms with van der Waals surface area (Å²) in [6, 6.07) is 9.76. The van der Waals surface area contributed by atoms with Gasteiger partial charge in [-0.25, -0.2) is 4.79 Å². The SMILES string of the molecule is CC(C)(C)OC(=O)N1CC(C=O)C(OCc2ccccc2)C1. The Balaban J connectivity index is 1.92. The van der Waals surface area contributed by atoms with Gasteiger partial charge in [0.1, 0.15) is 11.9 Å². The van der Waals surface area contributed by atoms with E-state index in [4.69, 9.17) is 9.47 Å². The van der Waals surface area contributed by atoms with E-state index in [0.29, 0.717) is 19.7 Å². The lowest BCUT2D eigenvalue weighted by atomic mass is 10.1. The Morgan fingerprint density at radius 2 is 1.95 bits per heavy atom. The van der Waals surface area contributed by atoms with Crippen molar-refractivity contribution in [1.29, 1.82) is 0 Å². The number of ether oxygens (including phenoxy) is 2. The zero-order chi connectivity index (χ0) is 16.2. The molecule has 2 rings (SSSR count). The van der Waals surface area contributed by atoms with E-state index in [2.05, 4.69) is 0 Å². The highest BCUT2D eigenvalue weighted by atomic mass is 16.6. The van der Waals surface area contributed by atoms with Gasteiger partial charge in [-0.05, 0) is 26.3 Å². The van der Waals surface area contributed by atoms with E-state index in [1.165, 1.54) is 0 Å². The lowest BCUT2D eigenvalue weighted by Crippen LogP contribution is -2.36. The van der Waals surface area contributed by atoms with Gasteiger partial charge in [-0.3, -0.25) is 0 Å². The van der Waals surface area contributed by atoms with Crippen LogP contribution in [-0.4, -0.2) is 42.1 Å². The zero-order valence-corrected chi connectivity index (χ0v) is 13.3. The van der Waals surface area contributed by atoms with Crippen LogP contribution in [0.3, 0.4) is 0 Å². The summed E-state index contributed by atoms with van der Waals surface area (Å²) in [4.78, 5) is 24.8. The first-order valence-electron chi connectivity index (χ1n) is 7.48. The molecule has 5 heteroatoms. The molecule has 2 atom stereocenters. The van der Waals surface area contributed by atoms with Crippen LogP contribution in [0.25, 0.3) is 0 Å². The van der Waals surface area contributed by atoms with Crippen LogP contribution in [0.4, 0.5) is 4.79 Å². The van der Waals surface area contributed by atoms with Crippen LogP contribution in [0.2, 0.25) is 0 Å². The number of carbonyl (C=O) groups is 2. The number of amides is 1. The number of rotatable bonds is 4. The second kappa shape index (κ2) is 6.92. The first kappa shape index (κ1) is 16.5. The van der Waals surface area contributed by atoms with E-state index in [1.54, 1.807) is 4.90 Å². The molecule has 22 heavy (non-hydrogen) atoms. The lowest BCUT2D eigenvalue weighted by molar-refractivity contribution is -0.114. The Morgan fingerprint density at radius 1 is 1.27 bits per heavy atom. The Morgan fingerprint density at radius 3 is 2.55 bits per heavy atom. The third kappa shape index (κ3) is 4.56. The molecule has 1 saturated heterocycles. The number of nitrogens with zero attached hydrogens (tertiary/aromatic N) is 1. The molecule has 0 spiro atoms. The standard InChI is InChI=1S/C17H23NO4/c1-17(2,3)22-16(20)18-9-14(11-19)15(10-18)21-12-13-7-5-4-6-8-13/h4-8,11,14-15H,9-10,12H2,1-3H3. The van der Waals surface area contributed by atoms with Crippen molar-refractivity contribution in [3.63, 3.8) is 0 Å². The molecule has 0 radical (unpaired) electrons. The summed E-state index contributed by atoms with van der Waals surface area (Å²) >= 11 is 0. The molecule has 5 nitrogen and oxygen atoms in total. The normalized spacial score (nSPS) is 21.7. The Kier molecular flexibility index (Phi) is 5.19.